The maximum atomic E-state index is 9.23. The number of benzene rings is 1. The van der Waals surface area contributed by atoms with E-state index in [1.807, 2.05) is 0 Å². The number of aryl methyl sites for hydroxylation is 3. The molecule has 0 spiro atoms. The van der Waals surface area contributed by atoms with E-state index in [4.69, 9.17) is 0 Å². The first-order valence-corrected chi connectivity index (χ1v) is 6.78. The summed E-state index contributed by atoms with van der Waals surface area (Å²) in [4.78, 5) is 0. The monoisotopic (exact) mass is 234 g/mol. The van der Waals surface area contributed by atoms with E-state index in [0.717, 1.165) is 6.42 Å². The van der Waals surface area contributed by atoms with Crippen molar-refractivity contribution in [3.63, 3.8) is 0 Å². The Kier molecular flexibility index (Phi) is 5.70. The van der Waals surface area contributed by atoms with Gasteiger partial charge in [-0.2, -0.15) is 0 Å². The van der Waals surface area contributed by atoms with Crippen LogP contribution in [0.25, 0.3) is 0 Å². The zero-order valence-electron chi connectivity index (χ0n) is 11.7. The molecule has 17 heavy (non-hydrogen) atoms. The third-order valence-electron chi connectivity index (χ3n) is 3.53. The molecule has 1 heteroatoms. The average molecular weight is 234 g/mol. The highest BCUT2D eigenvalue weighted by Gasteiger charge is 2.15. The molecule has 0 aliphatic carbocycles. The molecule has 0 aromatic heterocycles. The van der Waals surface area contributed by atoms with E-state index in [-0.39, 0.29) is 0 Å². The minimum Gasteiger partial charge on any atom is -0.396 e. The summed E-state index contributed by atoms with van der Waals surface area (Å²) in [5.74, 6) is 0.528. The van der Waals surface area contributed by atoms with Crippen molar-refractivity contribution in [2.75, 3.05) is 6.61 Å². The Balaban J connectivity index is 3.00. The fraction of sp³-hybridized carbons (Fsp3) is 0.625. The molecular formula is C16H26O. The number of aliphatic hydroxyl groups is 1. The summed E-state index contributed by atoms with van der Waals surface area (Å²) in [5, 5.41) is 9.23. The second kappa shape index (κ2) is 6.80. The lowest BCUT2D eigenvalue weighted by molar-refractivity contribution is 0.271. The van der Waals surface area contributed by atoms with E-state index in [9.17, 15) is 5.11 Å². The van der Waals surface area contributed by atoms with Gasteiger partial charge in [0.2, 0.25) is 0 Å². The molecule has 1 nitrogen and oxygen atoms in total. The van der Waals surface area contributed by atoms with Gasteiger partial charge < -0.3 is 5.11 Å². The van der Waals surface area contributed by atoms with Gasteiger partial charge in [-0.1, -0.05) is 37.5 Å². The van der Waals surface area contributed by atoms with E-state index in [1.54, 1.807) is 0 Å². The largest absolute Gasteiger partial charge is 0.396 e. The maximum absolute atomic E-state index is 9.23. The van der Waals surface area contributed by atoms with E-state index in [0.29, 0.717) is 12.5 Å². The van der Waals surface area contributed by atoms with Crippen LogP contribution in [0.3, 0.4) is 0 Å². The maximum Gasteiger partial charge on any atom is 0.0436 e. The van der Waals surface area contributed by atoms with Gasteiger partial charge in [-0.15, -0.1) is 0 Å². The second-order valence-electron chi connectivity index (χ2n) is 5.16. The highest BCUT2D eigenvalue weighted by molar-refractivity contribution is 5.39. The molecule has 0 bridgehead atoms. The molecule has 1 rings (SSSR count). The summed E-state index contributed by atoms with van der Waals surface area (Å²) in [6, 6.07) is 4.53. The van der Waals surface area contributed by atoms with Crippen molar-refractivity contribution in [3.8, 4) is 0 Å². The molecule has 1 aromatic rings. The topological polar surface area (TPSA) is 20.2 Å². The summed E-state index contributed by atoms with van der Waals surface area (Å²) in [5.41, 5.74) is 5.58. The molecule has 0 aliphatic heterocycles. The first-order chi connectivity index (χ1) is 8.10. The highest BCUT2D eigenvalue weighted by atomic mass is 16.3. The predicted octanol–water partition coefficient (Wildman–Crippen LogP) is 4.27. The van der Waals surface area contributed by atoms with Crippen LogP contribution in [0.2, 0.25) is 0 Å². The third-order valence-corrected chi connectivity index (χ3v) is 3.53. The molecule has 96 valence electrons. The van der Waals surface area contributed by atoms with Gasteiger partial charge in [0.15, 0.2) is 0 Å². The van der Waals surface area contributed by atoms with Gasteiger partial charge >= 0.3 is 0 Å². The average Bonchev–Trinajstić information content (AvgIpc) is 2.24. The Morgan fingerprint density at radius 3 is 2.12 bits per heavy atom. The van der Waals surface area contributed by atoms with Crippen LogP contribution in [-0.2, 0) is 0 Å². The summed E-state index contributed by atoms with van der Waals surface area (Å²) in [6.07, 6.45) is 4.57. The van der Waals surface area contributed by atoms with E-state index in [2.05, 4.69) is 39.8 Å². The van der Waals surface area contributed by atoms with Crippen molar-refractivity contribution in [2.24, 2.45) is 0 Å². The standard InChI is InChI=1S/C16H26O/c1-5-6-7-15(8-9-17)16-13(3)10-12(2)11-14(16)4/h10-11,15,17H,5-9H2,1-4H3. The van der Waals surface area contributed by atoms with Gasteiger partial charge in [0.05, 0.1) is 0 Å². The van der Waals surface area contributed by atoms with Crippen LogP contribution >= 0.6 is 0 Å². The molecule has 1 aromatic carbocycles. The molecule has 1 unspecified atom stereocenters. The summed E-state index contributed by atoms with van der Waals surface area (Å²) in [6.45, 7) is 9.07. The van der Waals surface area contributed by atoms with E-state index < -0.39 is 0 Å². The molecule has 0 saturated heterocycles. The van der Waals surface area contributed by atoms with Gasteiger partial charge in [0.1, 0.15) is 0 Å². The number of rotatable bonds is 6. The highest BCUT2D eigenvalue weighted by Crippen LogP contribution is 2.31. The normalized spacial score (nSPS) is 12.8. The minimum absolute atomic E-state index is 0.293. The SMILES string of the molecule is CCCCC(CCO)c1c(C)cc(C)cc1C. The van der Waals surface area contributed by atoms with Gasteiger partial charge in [0, 0.05) is 6.61 Å². The minimum atomic E-state index is 0.293. The zero-order valence-corrected chi connectivity index (χ0v) is 11.7. The van der Waals surface area contributed by atoms with Crippen LogP contribution < -0.4 is 0 Å². The molecule has 0 amide bonds. The predicted molar refractivity (Wildman–Crippen MR) is 74.6 cm³/mol. The van der Waals surface area contributed by atoms with Crippen LogP contribution in [0.15, 0.2) is 12.1 Å². The summed E-state index contributed by atoms with van der Waals surface area (Å²) < 4.78 is 0. The van der Waals surface area contributed by atoms with Gasteiger partial charge in [-0.3, -0.25) is 0 Å². The number of aliphatic hydroxyl groups excluding tert-OH is 1. The molecule has 0 saturated carbocycles. The fourth-order valence-electron chi connectivity index (χ4n) is 2.87. The molecule has 0 heterocycles. The summed E-state index contributed by atoms with van der Waals surface area (Å²) >= 11 is 0. The lowest BCUT2D eigenvalue weighted by atomic mass is 9.84. The number of hydrogen-bond donors (Lipinski definition) is 1. The van der Waals surface area contributed by atoms with Crippen LogP contribution in [-0.4, -0.2) is 11.7 Å². The number of hydrogen-bond acceptors (Lipinski definition) is 1. The van der Waals surface area contributed by atoms with Crippen LogP contribution in [0.1, 0.15) is 60.8 Å². The molecule has 0 aliphatic rings. The molecule has 1 N–H and O–H groups in total. The lowest BCUT2D eigenvalue weighted by Gasteiger charge is -2.21. The van der Waals surface area contributed by atoms with Crippen molar-refractivity contribution < 1.29 is 5.11 Å². The quantitative estimate of drug-likeness (QED) is 0.779. The Morgan fingerprint density at radius 1 is 1.06 bits per heavy atom. The Hall–Kier alpha value is -0.820. The smallest absolute Gasteiger partial charge is 0.0436 e. The fourth-order valence-corrected chi connectivity index (χ4v) is 2.87. The van der Waals surface area contributed by atoms with Crippen molar-refractivity contribution in [1.82, 2.24) is 0 Å². The molecule has 1 atom stereocenters. The molecular weight excluding hydrogens is 208 g/mol. The van der Waals surface area contributed by atoms with E-state index >= 15 is 0 Å². The summed E-state index contributed by atoms with van der Waals surface area (Å²) in [7, 11) is 0. The third kappa shape index (κ3) is 3.85. The first kappa shape index (κ1) is 14.2. The molecule has 0 fully saturated rings. The van der Waals surface area contributed by atoms with Crippen LogP contribution in [0, 0.1) is 20.8 Å². The lowest BCUT2D eigenvalue weighted by Crippen LogP contribution is -2.06. The number of unbranched alkanes of at least 4 members (excludes halogenated alkanes) is 1. The Morgan fingerprint density at radius 2 is 1.65 bits per heavy atom. The Labute approximate surface area is 106 Å². The van der Waals surface area contributed by atoms with Gasteiger partial charge in [0.25, 0.3) is 0 Å². The van der Waals surface area contributed by atoms with Crippen molar-refractivity contribution in [1.29, 1.82) is 0 Å². The van der Waals surface area contributed by atoms with Gasteiger partial charge in [-0.05, 0) is 56.2 Å². The van der Waals surface area contributed by atoms with Crippen molar-refractivity contribution in [2.45, 2.75) is 59.3 Å². The Bertz CT molecular complexity index is 332. The van der Waals surface area contributed by atoms with Crippen molar-refractivity contribution in [3.05, 3.63) is 34.4 Å². The van der Waals surface area contributed by atoms with Crippen LogP contribution in [0.5, 0.6) is 0 Å². The van der Waals surface area contributed by atoms with Crippen LogP contribution in [0.4, 0.5) is 0 Å². The van der Waals surface area contributed by atoms with E-state index in [1.165, 1.54) is 41.5 Å². The first-order valence-electron chi connectivity index (χ1n) is 6.78. The second-order valence-corrected chi connectivity index (χ2v) is 5.16. The van der Waals surface area contributed by atoms with Crippen molar-refractivity contribution >= 4 is 0 Å². The zero-order chi connectivity index (χ0) is 12.8. The van der Waals surface area contributed by atoms with Gasteiger partial charge in [-0.25, -0.2) is 0 Å². The molecule has 0 radical (unpaired) electrons.